The first-order chi connectivity index (χ1) is 11.4. The van der Waals surface area contributed by atoms with Crippen molar-refractivity contribution in [2.24, 2.45) is 0 Å². The fourth-order valence-electron chi connectivity index (χ4n) is 2.12. The highest BCUT2D eigenvalue weighted by molar-refractivity contribution is 9.10. The number of nitrogens with one attached hydrogen (secondary N) is 1. The fourth-order valence-corrected chi connectivity index (χ4v) is 3.91. The Bertz CT molecular complexity index is 985. The van der Waals surface area contributed by atoms with Crippen molar-refractivity contribution in [3.63, 3.8) is 0 Å². The highest BCUT2D eigenvalue weighted by atomic mass is 79.9. The first-order valence-corrected chi connectivity index (χ1v) is 9.53. The molecule has 0 spiro atoms. The predicted molar refractivity (Wildman–Crippen MR) is 96.1 cm³/mol. The van der Waals surface area contributed by atoms with E-state index in [-0.39, 0.29) is 21.7 Å². The molecular formula is C16H12BrClN2O3S. The van der Waals surface area contributed by atoms with Crippen LogP contribution in [-0.2, 0) is 9.84 Å². The second-order valence-corrected chi connectivity index (χ2v) is 8.03. The lowest BCUT2D eigenvalue weighted by molar-refractivity contribution is 0.580. The van der Waals surface area contributed by atoms with Crippen LogP contribution in [0.5, 0.6) is 0 Å². The van der Waals surface area contributed by atoms with E-state index in [1.165, 1.54) is 12.1 Å². The van der Waals surface area contributed by atoms with E-state index >= 15 is 0 Å². The summed E-state index contributed by atoms with van der Waals surface area (Å²) in [5, 5.41) is 2.98. The molecule has 0 aliphatic rings. The van der Waals surface area contributed by atoms with E-state index in [0.29, 0.717) is 10.6 Å². The lowest BCUT2D eigenvalue weighted by atomic mass is 10.2. The monoisotopic (exact) mass is 426 g/mol. The van der Waals surface area contributed by atoms with Gasteiger partial charge in [-0.25, -0.2) is 8.42 Å². The number of anilines is 1. The van der Waals surface area contributed by atoms with Crippen molar-refractivity contribution in [3.8, 4) is 11.5 Å². The molecule has 8 heteroatoms. The van der Waals surface area contributed by atoms with Crippen LogP contribution in [0.3, 0.4) is 0 Å². The van der Waals surface area contributed by atoms with Crippen LogP contribution >= 0.6 is 27.5 Å². The zero-order valence-electron chi connectivity index (χ0n) is 12.5. The van der Waals surface area contributed by atoms with Crippen LogP contribution < -0.4 is 5.32 Å². The third-order valence-electron chi connectivity index (χ3n) is 3.31. The normalized spacial score (nSPS) is 11.5. The van der Waals surface area contributed by atoms with Crippen molar-refractivity contribution < 1.29 is 12.8 Å². The van der Waals surface area contributed by atoms with E-state index < -0.39 is 9.84 Å². The zero-order chi connectivity index (χ0) is 17.3. The molecule has 1 N–H and O–H groups in total. The summed E-state index contributed by atoms with van der Waals surface area (Å²) in [5.41, 5.74) is 0.521. The number of hydrogen-bond acceptors (Lipinski definition) is 5. The van der Waals surface area contributed by atoms with E-state index in [1.807, 2.05) is 0 Å². The van der Waals surface area contributed by atoms with Crippen molar-refractivity contribution in [2.45, 2.75) is 9.92 Å². The van der Waals surface area contributed by atoms with Crippen molar-refractivity contribution >= 4 is 43.3 Å². The van der Waals surface area contributed by atoms with Gasteiger partial charge in [-0.15, -0.1) is 0 Å². The molecule has 0 radical (unpaired) electrons. The van der Waals surface area contributed by atoms with E-state index in [2.05, 4.69) is 26.2 Å². The molecule has 0 saturated carbocycles. The highest BCUT2D eigenvalue weighted by Crippen LogP contribution is 2.34. The molecule has 5 nitrogen and oxygen atoms in total. The van der Waals surface area contributed by atoms with Crippen LogP contribution in [0.15, 0.2) is 67.3 Å². The first kappa shape index (κ1) is 17.0. The molecule has 0 atom stereocenters. The van der Waals surface area contributed by atoms with Gasteiger partial charge in [0.2, 0.25) is 26.6 Å². The van der Waals surface area contributed by atoms with Gasteiger partial charge in [-0.3, -0.25) is 0 Å². The Kier molecular flexibility index (Phi) is 4.67. The minimum absolute atomic E-state index is 0.0628. The maximum absolute atomic E-state index is 12.8. The number of rotatable bonds is 4. The molecule has 0 amide bonds. The molecule has 0 saturated heterocycles. The largest absolute Gasteiger partial charge is 0.419 e. The molecule has 3 aromatic rings. The fraction of sp³-hybridized carbons (Fsp3) is 0.0625. The Morgan fingerprint density at radius 3 is 2.42 bits per heavy atom. The van der Waals surface area contributed by atoms with E-state index in [0.717, 1.165) is 4.47 Å². The second-order valence-electron chi connectivity index (χ2n) is 4.84. The summed E-state index contributed by atoms with van der Waals surface area (Å²) in [6, 6.07) is 13.3. The van der Waals surface area contributed by atoms with Gasteiger partial charge in [0.1, 0.15) is 0 Å². The van der Waals surface area contributed by atoms with Crippen molar-refractivity contribution in [1.29, 1.82) is 0 Å². The lowest BCUT2D eigenvalue weighted by Gasteiger charge is -2.02. The molecular weight excluding hydrogens is 416 g/mol. The summed E-state index contributed by atoms with van der Waals surface area (Å²) in [5.74, 6) is 0.202. The maximum atomic E-state index is 12.8. The number of sulfone groups is 1. The zero-order valence-corrected chi connectivity index (χ0v) is 15.6. The van der Waals surface area contributed by atoms with Gasteiger partial charge in [-0.05, 0) is 36.4 Å². The second kappa shape index (κ2) is 6.58. The number of nitrogens with zero attached hydrogens (tertiary/aromatic N) is 1. The van der Waals surface area contributed by atoms with Crippen LogP contribution in [0.2, 0.25) is 5.02 Å². The highest BCUT2D eigenvalue weighted by Gasteiger charge is 2.28. The van der Waals surface area contributed by atoms with Gasteiger partial charge in [0.25, 0.3) is 0 Å². The van der Waals surface area contributed by atoms with Gasteiger partial charge in [0.05, 0.1) is 15.5 Å². The average molecular weight is 428 g/mol. The molecule has 0 aliphatic heterocycles. The van der Waals surface area contributed by atoms with Gasteiger partial charge in [-0.2, -0.15) is 4.98 Å². The molecule has 3 rings (SSSR count). The van der Waals surface area contributed by atoms with Crippen molar-refractivity contribution in [2.75, 3.05) is 12.4 Å². The Hall–Kier alpha value is -1.83. The number of oxazole rings is 1. The third kappa shape index (κ3) is 3.07. The Morgan fingerprint density at radius 1 is 1.12 bits per heavy atom. The van der Waals surface area contributed by atoms with Crippen LogP contribution in [-0.4, -0.2) is 20.4 Å². The van der Waals surface area contributed by atoms with Crippen molar-refractivity contribution in [3.05, 3.63) is 58.0 Å². The SMILES string of the molecule is CNc1oc(-c2ccccc2Cl)nc1S(=O)(=O)c1ccc(Br)cc1. The minimum atomic E-state index is -3.83. The van der Waals surface area contributed by atoms with Crippen LogP contribution in [0.25, 0.3) is 11.5 Å². The van der Waals surface area contributed by atoms with E-state index in [1.54, 1.807) is 43.4 Å². The van der Waals surface area contributed by atoms with Gasteiger partial charge in [0.15, 0.2) is 0 Å². The summed E-state index contributed by atoms with van der Waals surface area (Å²) >= 11 is 9.42. The summed E-state index contributed by atoms with van der Waals surface area (Å²) < 4.78 is 32.0. The third-order valence-corrected chi connectivity index (χ3v) is 5.84. The summed E-state index contributed by atoms with van der Waals surface area (Å²) in [6.45, 7) is 0. The smallest absolute Gasteiger partial charge is 0.233 e. The number of benzene rings is 2. The maximum Gasteiger partial charge on any atom is 0.233 e. The van der Waals surface area contributed by atoms with E-state index in [9.17, 15) is 8.42 Å². The standard InChI is InChI=1S/C16H12BrClN2O3S/c1-19-15-16(24(21,22)11-8-6-10(17)7-9-11)20-14(23-15)12-4-2-3-5-13(12)18/h2-9,19H,1H3. The number of hydrogen-bond donors (Lipinski definition) is 1. The quantitative estimate of drug-likeness (QED) is 0.657. The summed E-state index contributed by atoms with van der Waals surface area (Å²) in [7, 11) is -2.26. The molecule has 2 aromatic carbocycles. The van der Waals surface area contributed by atoms with Gasteiger partial charge >= 0.3 is 0 Å². The number of halogens is 2. The molecule has 0 bridgehead atoms. The van der Waals surface area contributed by atoms with Crippen LogP contribution in [0.1, 0.15) is 0 Å². The first-order valence-electron chi connectivity index (χ1n) is 6.87. The Labute approximate surface area is 152 Å². The average Bonchev–Trinajstić information content (AvgIpc) is 3.00. The molecule has 124 valence electrons. The molecule has 24 heavy (non-hydrogen) atoms. The molecule has 1 aromatic heterocycles. The minimum Gasteiger partial charge on any atom is -0.419 e. The van der Waals surface area contributed by atoms with Crippen LogP contribution in [0.4, 0.5) is 5.88 Å². The van der Waals surface area contributed by atoms with Gasteiger partial charge in [0, 0.05) is 11.5 Å². The molecule has 0 fully saturated rings. The van der Waals surface area contributed by atoms with Gasteiger partial charge < -0.3 is 9.73 Å². The topological polar surface area (TPSA) is 72.2 Å². The lowest BCUT2D eigenvalue weighted by Crippen LogP contribution is -2.05. The predicted octanol–water partition coefficient (Wildman–Crippen LogP) is 4.63. The Balaban J connectivity index is 2.15. The molecule has 0 aliphatic carbocycles. The number of aromatic nitrogens is 1. The molecule has 1 heterocycles. The van der Waals surface area contributed by atoms with Gasteiger partial charge in [-0.1, -0.05) is 39.7 Å². The Morgan fingerprint density at radius 2 is 1.79 bits per heavy atom. The summed E-state index contributed by atoms with van der Waals surface area (Å²) in [6.07, 6.45) is 0. The van der Waals surface area contributed by atoms with Crippen molar-refractivity contribution in [1.82, 2.24) is 4.98 Å². The molecule has 0 unspecified atom stereocenters. The summed E-state index contributed by atoms with van der Waals surface area (Å²) in [4.78, 5) is 4.30. The van der Waals surface area contributed by atoms with E-state index in [4.69, 9.17) is 16.0 Å². The van der Waals surface area contributed by atoms with Crippen LogP contribution in [0, 0.1) is 0 Å².